The molecular formula is C11H12BrN5O3. The van der Waals surface area contributed by atoms with E-state index in [9.17, 15) is 4.79 Å². The third-order valence-electron chi connectivity index (χ3n) is 2.29. The van der Waals surface area contributed by atoms with E-state index in [0.29, 0.717) is 34.0 Å². The maximum Gasteiger partial charge on any atom is 0.255 e. The smallest absolute Gasteiger partial charge is 0.255 e. The van der Waals surface area contributed by atoms with Crippen molar-refractivity contribution in [3.63, 3.8) is 0 Å². The molecule has 1 aromatic heterocycles. The van der Waals surface area contributed by atoms with Crippen LogP contribution in [-0.2, 0) is 4.79 Å². The summed E-state index contributed by atoms with van der Waals surface area (Å²) in [6.45, 7) is 2.06. The number of nitrogens with zero attached hydrogens (tertiary/aromatic N) is 3. The number of benzene rings is 1. The normalized spacial score (nSPS) is 10.3. The van der Waals surface area contributed by atoms with Crippen LogP contribution in [-0.4, -0.2) is 39.7 Å². The predicted molar refractivity (Wildman–Crippen MR) is 73.2 cm³/mol. The summed E-state index contributed by atoms with van der Waals surface area (Å²) in [5.41, 5.74) is 5.75. The largest absolute Gasteiger partial charge is 0.490 e. The lowest BCUT2D eigenvalue weighted by molar-refractivity contribution is -0.119. The van der Waals surface area contributed by atoms with E-state index in [-0.39, 0.29) is 6.61 Å². The van der Waals surface area contributed by atoms with Crippen LogP contribution in [0.15, 0.2) is 16.6 Å². The first-order valence-corrected chi connectivity index (χ1v) is 6.52. The van der Waals surface area contributed by atoms with Crippen LogP contribution in [0.2, 0.25) is 0 Å². The monoisotopic (exact) mass is 341 g/mol. The fourth-order valence-corrected chi connectivity index (χ4v) is 2.01. The van der Waals surface area contributed by atoms with Gasteiger partial charge in [0, 0.05) is 10.0 Å². The Hall–Kier alpha value is -2.16. The summed E-state index contributed by atoms with van der Waals surface area (Å²) in [5.74, 6) is 0.728. The Morgan fingerprint density at radius 2 is 2.15 bits per heavy atom. The highest BCUT2D eigenvalue weighted by molar-refractivity contribution is 9.10. The third kappa shape index (κ3) is 3.23. The number of aromatic amines is 1. The number of ether oxygens (including phenoxy) is 2. The number of primary amides is 1. The van der Waals surface area contributed by atoms with Gasteiger partial charge in [0.2, 0.25) is 5.82 Å². The summed E-state index contributed by atoms with van der Waals surface area (Å²) in [6.07, 6.45) is 0. The van der Waals surface area contributed by atoms with Crippen molar-refractivity contribution >= 4 is 21.8 Å². The van der Waals surface area contributed by atoms with Crippen LogP contribution in [0.25, 0.3) is 11.4 Å². The van der Waals surface area contributed by atoms with E-state index in [1.165, 1.54) is 0 Å². The van der Waals surface area contributed by atoms with Crippen LogP contribution in [0.1, 0.15) is 6.92 Å². The first-order chi connectivity index (χ1) is 9.61. The summed E-state index contributed by atoms with van der Waals surface area (Å²) >= 11 is 3.39. The second kappa shape index (κ2) is 6.33. The number of tetrazole rings is 1. The Labute approximate surface area is 122 Å². The minimum atomic E-state index is -0.564. The molecule has 1 aromatic carbocycles. The maximum atomic E-state index is 10.8. The van der Waals surface area contributed by atoms with Crippen LogP contribution in [0, 0.1) is 0 Å². The Kier molecular flexibility index (Phi) is 4.51. The van der Waals surface area contributed by atoms with Gasteiger partial charge in [0.05, 0.1) is 6.61 Å². The number of rotatable bonds is 6. The molecule has 8 nitrogen and oxygen atoms in total. The molecule has 1 heterocycles. The molecule has 2 rings (SSSR count). The summed E-state index contributed by atoms with van der Waals surface area (Å²) in [7, 11) is 0. The number of nitrogens with one attached hydrogen (secondary N) is 1. The molecule has 0 aliphatic heterocycles. The zero-order valence-electron chi connectivity index (χ0n) is 10.6. The molecule has 9 heteroatoms. The molecule has 0 bridgehead atoms. The van der Waals surface area contributed by atoms with E-state index >= 15 is 0 Å². The highest BCUT2D eigenvalue weighted by atomic mass is 79.9. The summed E-state index contributed by atoms with van der Waals surface area (Å²) < 4.78 is 11.5. The number of carbonyl (C=O) groups is 1. The molecule has 106 valence electrons. The quantitative estimate of drug-likeness (QED) is 0.805. The molecule has 0 saturated heterocycles. The Balaban J connectivity index is 2.38. The van der Waals surface area contributed by atoms with Crippen LogP contribution < -0.4 is 15.2 Å². The van der Waals surface area contributed by atoms with Gasteiger partial charge in [0.15, 0.2) is 18.1 Å². The van der Waals surface area contributed by atoms with Crippen molar-refractivity contribution < 1.29 is 14.3 Å². The molecular weight excluding hydrogens is 330 g/mol. The van der Waals surface area contributed by atoms with Crippen molar-refractivity contribution in [2.75, 3.05) is 13.2 Å². The second-order valence-corrected chi connectivity index (χ2v) is 4.56. The van der Waals surface area contributed by atoms with E-state index in [4.69, 9.17) is 15.2 Å². The highest BCUT2D eigenvalue weighted by Gasteiger charge is 2.15. The zero-order valence-corrected chi connectivity index (χ0v) is 12.2. The first kappa shape index (κ1) is 14.3. The predicted octanol–water partition coefficient (Wildman–Crippen LogP) is 0.892. The van der Waals surface area contributed by atoms with Gasteiger partial charge in [-0.3, -0.25) is 4.79 Å². The van der Waals surface area contributed by atoms with Gasteiger partial charge < -0.3 is 15.2 Å². The lowest BCUT2D eigenvalue weighted by Crippen LogP contribution is -2.20. The summed E-state index contributed by atoms with van der Waals surface area (Å²) in [6, 6.07) is 3.37. The lowest BCUT2D eigenvalue weighted by atomic mass is 10.2. The average Bonchev–Trinajstić information content (AvgIpc) is 2.92. The highest BCUT2D eigenvalue weighted by Crippen LogP contribution is 2.37. The fourth-order valence-electron chi connectivity index (χ4n) is 1.51. The van der Waals surface area contributed by atoms with Crippen molar-refractivity contribution in [1.29, 1.82) is 0 Å². The molecule has 0 spiro atoms. The molecule has 0 radical (unpaired) electrons. The standard InChI is InChI=1S/C11H12BrN5O3/c1-2-19-8-3-6(11-14-16-17-15-11)7(12)4-9(8)20-5-10(13)18/h3-4H,2,5H2,1H3,(H2,13,18)(H,14,15,16,17). The first-order valence-electron chi connectivity index (χ1n) is 5.73. The van der Waals surface area contributed by atoms with Crippen molar-refractivity contribution in [3.8, 4) is 22.9 Å². The molecule has 0 atom stereocenters. The summed E-state index contributed by atoms with van der Waals surface area (Å²) in [5, 5.41) is 13.7. The molecule has 0 fully saturated rings. The third-order valence-corrected chi connectivity index (χ3v) is 2.95. The van der Waals surface area contributed by atoms with Gasteiger partial charge in [-0.2, -0.15) is 5.21 Å². The minimum absolute atomic E-state index is 0.228. The van der Waals surface area contributed by atoms with Gasteiger partial charge in [0.1, 0.15) is 0 Å². The zero-order chi connectivity index (χ0) is 14.5. The van der Waals surface area contributed by atoms with Crippen LogP contribution in [0.3, 0.4) is 0 Å². The SMILES string of the molecule is CCOc1cc(-c2nn[nH]n2)c(Br)cc1OCC(N)=O. The fraction of sp³-hybridized carbons (Fsp3) is 0.273. The maximum absolute atomic E-state index is 10.8. The van der Waals surface area contributed by atoms with Crippen LogP contribution in [0.4, 0.5) is 0 Å². The van der Waals surface area contributed by atoms with E-state index in [1.54, 1.807) is 12.1 Å². The van der Waals surface area contributed by atoms with Crippen molar-refractivity contribution in [1.82, 2.24) is 20.6 Å². The Bertz CT molecular complexity index is 602. The van der Waals surface area contributed by atoms with Gasteiger partial charge >= 0.3 is 0 Å². The molecule has 0 aliphatic rings. The minimum Gasteiger partial charge on any atom is -0.490 e. The molecule has 3 N–H and O–H groups in total. The number of amides is 1. The van der Waals surface area contributed by atoms with Crippen LogP contribution in [0.5, 0.6) is 11.5 Å². The van der Waals surface area contributed by atoms with Gasteiger partial charge in [-0.15, -0.1) is 10.2 Å². The topological polar surface area (TPSA) is 116 Å². The molecule has 0 unspecified atom stereocenters. The summed E-state index contributed by atoms with van der Waals surface area (Å²) in [4.78, 5) is 10.8. The van der Waals surface area contributed by atoms with Crippen molar-refractivity contribution in [2.45, 2.75) is 6.92 Å². The Morgan fingerprint density at radius 1 is 1.40 bits per heavy atom. The van der Waals surface area contributed by atoms with Gasteiger partial charge in [0.25, 0.3) is 5.91 Å². The lowest BCUT2D eigenvalue weighted by Gasteiger charge is -2.13. The van der Waals surface area contributed by atoms with Crippen molar-refractivity contribution in [2.24, 2.45) is 5.73 Å². The van der Waals surface area contributed by atoms with Crippen molar-refractivity contribution in [3.05, 3.63) is 16.6 Å². The number of nitrogens with two attached hydrogens (primary N) is 1. The van der Waals surface area contributed by atoms with Gasteiger partial charge in [-0.25, -0.2) is 0 Å². The molecule has 0 aliphatic carbocycles. The number of H-pyrrole nitrogens is 1. The number of aromatic nitrogens is 4. The van der Waals surface area contributed by atoms with E-state index < -0.39 is 5.91 Å². The van der Waals surface area contributed by atoms with E-state index in [1.807, 2.05) is 6.92 Å². The van der Waals surface area contributed by atoms with Gasteiger partial charge in [-0.1, -0.05) is 0 Å². The molecule has 1 amide bonds. The number of carbonyl (C=O) groups excluding carboxylic acids is 1. The number of halogens is 1. The molecule has 0 saturated carbocycles. The average molecular weight is 342 g/mol. The molecule has 20 heavy (non-hydrogen) atoms. The van der Waals surface area contributed by atoms with Crippen LogP contribution >= 0.6 is 15.9 Å². The second-order valence-electron chi connectivity index (χ2n) is 3.70. The van der Waals surface area contributed by atoms with E-state index in [2.05, 4.69) is 36.6 Å². The number of hydrogen-bond donors (Lipinski definition) is 2. The Morgan fingerprint density at radius 3 is 2.75 bits per heavy atom. The van der Waals surface area contributed by atoms with E-state index in [0.717, 1.165) is 0 Å². The van der Waals surface area contributed by atoms with Gasteiger partial charge in [-0.05, 0) is 40.2 Å². The molecule has 2 aromatic rings. The number of hydrogen-bond acceptors (Lipinski definition) is 6.